The molecule has 1 nitrogen and oxygen atoms in total. The predicted molar refractivity (Wildman–Crippen MR) is 47.5 cm³/mol. The van der Waals surface area contributed by atoms with Gasteiger partial charge < -0.3 is 0 Å². The van der Waals surface area contributed by atoms with Crippen LogP contribution in [0, 0.1) is 0 Å². The van der Waals surface area contributed by atoms with Crippen molar-refractivity contribution in [3.63, 3.8) is 0 Å². The first-order valence-electron chi connectivity index (χ1n) is 3.96. The molecule has 0 aromatic carbocycles. The fourth-order valence-corrected chi connectivity index (χ4v) is 1.40. The monoisotopic (exact) mass is 157 g/mol. The van der Waals surface area contributed by atoms with Gasteiger partial charge in [0.2, 0.25) is 0 Å². The second-order valence-electron chi connectivity index (χ2n) is 2.78. The van der Waals surface area contributed by atoms with Crippen LogP contribution in [0.5, 0.6) is 0 Å². The van der Waals surface area contributed by atoms with Gasteiger partial charge in [-0.05, 0) is 16.7 Å². The van der Waals surface area contributed by atoms with Crippen LogP contribution in [0.3, 0.4) is 0 Å². The molecule has 0 heterocycles. The van der Waals surface area contributed by atoms with Gasteiger partial charge in [0.25, 0.3) is 0 Å². The SMILES string of the molecule is [O]Cc1ccc2cccccc1-2. The van der Waals surface area contributed by atoms with Gasteiger partial charge >= 0.3 is 0 Å². The van der Waals surface area contributed by atoms with Crippen molar-refractivity contribution in [2.24, 2.45) is 0 Å². The molecule has 2 aliphatic rings. The number of fused-ring (bicyclic) bond motifs is 1. The van der Waals surface area contributed by atoms with Crippen LogP contribution >= 0.6 is 0 Å². The molecule has 0 bridgehead atoms. The van der Waals surface area contributed by atoms with Crippen LogP contribution in [-0.2, 0) is 11.7 Å². The van der Waals surface area contributed by atoms with Crippen LogP contribution in [0.15, 0.2) is 42.5 Å². The van der Waals surface area contributed by atoms with E-state index in [0.717, 1.165) is 16.7 Å². The van der Waals surface area contributed by atoms with Crippen LogP contribution < -0.4 is 0 Å². The molecule has 2 aliphatic carbocycles. The average Bonchev–Trinajstić information content (AvgIpc) is 2.33. The van der Waals surface area contributed by atoms with E-state index in [1.165, 1.54) is 0 Å². The first-order chi connectivity index (χ1) is 5.92. The van der Waals surface area contributed by atoms with E-state index in [-0.39, 0.29) is 6.61 Å². The maximum absolute atomic E-state index is 10.7. The second kappa shape index (κ2) is 2.95. The fourth-order valence-electron chi connectivity index (χ4n) is 1.40. The molecule has 0 aromatic rings. The summed E-state index contributed by atoms with van der Waals surface area (Å²) in [5.74, 6) is 0. The highest BCUT2D eigenvalue weighted by atomic mass is 16.3. The largest absolute Gasteiger partial charge is 0.232 e. The van der Waals surface area contributed by atoms with Crippen molar-refractivity contribution in [2.75, 3.05) is 0 Å². The molecule has 2 rings (SSSR count). The summed E-state index contributed by atoms with van der Waals surface area (Å²) in [4.78, 5) is 0. The number of hydrogen-bond acceptors (Lipinski definition) is 0. The highest BCUT2D eigenvalue weighted by Crippen LogP contribution is 2.26. The van der Waals surface area contributed by atoms with Crippen LogP contribution in [0.1, 0.15) is 5.56 Å². The highest BCUT2D eigenvalue weighted by Gasteiger charge is 2.05. The Morgan fingerprint density at radius 3 is 2.58 bits per heavy atom. The zero-order valence-electron chi connectivity index (χ0n) is 6.66. The van der Waals surface area contributed by atoms with Gasteiger partial charge in [0.1, 0.15) is 6.61 Å². The van der Waals surface area contributed by atoms with Crippen molar-refractivity contribution in [1.29, 1.82) is 0 Å². The molecule has 59 valence electrons. The molecule has 0 atom stereocenters. The van der Waals surface area contributed by atoms with Gasteiger partial charge in [0.05, 0.1) is 0 Å². The Bertz CT molecular complexity index is 354. The normalized spacial score (nSPS) is 10.4. The third-order valence-corrected chi connectivity index (χ3v) is 2.04. The Morgan fingerprint density at radius 2 is 1.75 bits per heavy atom. The fraction of sp³-hybridized carbons (Fsp3) is 0.0909. The molecular weight excluding hydrogens is 148 g/mol. The molecule has 0 saturated heterocycles. The van der Waals surface area contributed by atoms with Crippen molar-refractivity contribution in [1.82, 2.24) is 0 Å². The summed E-state index contributed by atoms with van der Waals surface area (Å²) in [7, 11) is 0. The molecule has 0 N–H and O–H groups in total. The van der Waals surface area contributed by atoms with Crippen LogP contribution in [0.25, 0.3) is 11.1 Å². The van der Waals surface area contributed by atoms with Crippen molar-refractivity contribution >= 4 is 0 Å². The summed E-state index contributed by atoms with van der Waals surface area (Å²) in [6, 6.07) is 13.8. The van der Waals surface area contributed by atoms with Crippen LogP contribution in [0.4, 0.5) is 0 Å². The lowest BCUT2D eigenvalue weighted by molar-refractivity contribution is 0.178. The molecular formula is C11H9O. The van der Waals surface area contributed by atoms with Crippen molar-refractivity contribution in [2.45, 2.75) is 6.61 Å². The third kappa shape index (κ3) is 1.08. The van der Waals surface area contributed by atoms with Gasteiger partial charge in [-0.2, -0.15) is 0 Å². The summed E-state index contributed by atoms with van der Waals surface area (Å²) in [5.41, 5.74) is 3.11. The summed E-state index contributed by atoms with van der Waals surface area (Å²) < 4.78 is 0. The quantitative estimate of drug-likeness (QED) is 0.606. The molecule has 0 amide bonds. The van der Waals surface area contributed by atoms with Crippen molar-refractivity contribution in [3.05, 3.63) is 48.0 Å². The van der Waals surface area contributed by atoms with E-state index < -0.39 is 0 Å². The molecule has 0 unspecified atom stereocenters. The zero-order valence-corrected chi connectivity index (χ0v) is 6.66. The first kappa shape index (κ1) is 7.32. The Labute approximate surface area is 71.6 Å². The smallest absolute Gasteiger partial charge is 0.108 e. The molecule has 1 heteroatoms. The van der Waals surface area contributed by atoms with E-state index in [1.54, 1.807) is 0 Å². The molecule has 12 heavy (non-hydrogen) atoms. The molecule has 0 fully saturated rings. The van der Waals surface area contributed by atoms with E-state index in [0.29, 0.717) is 0 Å². The third-order valence-electron chi connectivity index (χ3n) is 2.04. The van der Waals surface area contributed by atoms with Gasteiger partial charge in [0, 0.05) is 0 Å². The van der Waals surface area contributed by atoms with Crippen molar-refractivity contribution < 1.29 is 5.11 Å². The summed E-state index contributed by atoms with van der Waals surface area (Å²) in [6.45, 7) is -0.131. The first-order valence-corrected chi connectivity index (χ1v) is 3.96. The minimum Gasteiger partial charge on any atom is -0.232 e. The predicted octanol–water partition coefficient (Wildman–Crippen LogP) is 2.72. The highest BCUT2D eigenvalue weighted by molar-refractivity contribution is 5.70. The Hall–Kier alpha value is -1.34. The maximum Gasteiger partial charge on any atom is 0.108 e. The van der Waals surface area contributed by atoms with E-state index in [1.807, 2.05) is 42.5 Å². The lowest BCUT2D eigenvalue weighted by Crippen LogP contribution is -1.77. The van der Waals surface area contributed by atoms with Gasteiger partial charge in [-0.1, -0.05) is 42.5 Å². The summed E-state index contributed by atoms with van der Waals surface area (Å²) >= 11 is 0. The van der Waals surface area contributed by atoms with Crippen LogP contribution in [-0.4, -0.2) is 0 Å². The lowest BCUT2D eigenvalue weighted by atomic mass is 10.1. The van der Waals surface area contributed by atoms with Gasteiger partial charge in [-0.15, -0.1) is 0 Å². The Kier molecular flexibility index (Phi) is 1.80. The topological polar surface area (TPSA) is 19.9 Å². The zero-order chi connectivity index (χ0) is 8.39. The van der Waals surface area contributed by atoms with E-state index >= 15 is 0 Å². The number of rotatable bonds is 1. The molecule has 0 aliphatic heterocycles. The minimum atomic E-state index is -0.131. The minimum absolute atomic E-state index is 0.131. The molecule has 0 spiro atoms. The van der Waals surface area contributed by atoms with Crippen molar-refractivity contribution in [3.8, 4) is 11.1 Å². The van der Waals surface area contributed by atoms with E-state index in [2.05, 4.69) is 0 Å². The standard InChI is InChI=1S/C11H9O/c12-8-10-7-6-9-4-2-1-3-5-11(9)10/h1-7H,8H2. The summed E-state index contributed by atoms with van der Waals surface area (Å²) in [5, 5.41) is 10.7. The summed E-state index contributed by atoms with van der Waals surface area (Å²) in [6.07, 6.45) is 0. The van der Waals surface area contributed by atoms with Gasteiger partial charge in [-0.3, -0.25) is 0 Å². The van der Waals surface area contributed by atoms with Crippen LogP contribution in [0.2, 0.25) is 0 Å². The lowest BCUT2D eigenvalue weighted by Gasteiger charge is -1.93. The molecule has 0 saturated carbocycles. The van der Waals surface area contributed by atoms with E-state index in [4.69, 9.17) is 0 Å². The Balaban J connectivity index is 2.64. The Morgan fingerprint density at radius 1 is 0.917 bits per heavy atom. The second-order valence-corrected chi connectivity index (χ2v) is 2.78. The molecule has 1 radical (unpaired) electrons. The van der Waals surface area contributed by atoms with E-state index in [9.17, 15) is 5.11 Å². The maximum atomic E-state index is 10.7. The average molecular weight is 157 g/mol. The number of hydrogen-bond donors (Lipinski definition) is 0. The van der Waals surface area contributed by atoms with Gasteiger partial charge in [-0.25, -0.2) is 5.11 Å². The van der Waals surface area contributed by atoms with Gasteiger partial charge in [0.15, 0.2) is 0 Å². The molecule has 0 aromatic heterocycles.